The van der Waals surface area contributed by atoms with E-state index in [1.54, 1.807) is 19.1 Å². The first kappa shape index (κ1) is 15.9. The van der Waals surface area contributed by atoms with E-state index < -0.39 is 10.0 Å². The fourth-order valence-corrected chi connectivity index (χ4v) is 4.19. The Morgan fingerprint density at radius 3 is 2.38 bits per heavy atom. The molecule has 2 aromatic carbocycles. The first-order valence-corrected chi connectivity index (χ1v) is 8.64. The second-order valence-electron chi connectivity index (χ2n) is 5.05. The van der Waals surface area contributed by atoms with Crippen LogP contribution < -0.4 is 10.5 Å². The fourth-order valence-electron chi connectivity index (χ4n) is 2.04. The molecule has 0 bridgehead atoms. The molecule has 0 atom stereocenters. The summed E-state index contributed by atoms with van der Waals surface area (Å²) in [5.41, 5.74) is 9.28. The van der Waals surface area contributed by atoms with E-state index in [1.165, 1.54) is 6.07 Å². The highest BCUT2D eigenvalue weighted by atomic mass is 79.9. The lowest BCUT2D eigenvalue weighted by molar-refractivity contribution is 0.600. The second-order valence-corrected chi connectivity index (χ2v) is 7.55. The zero-order valence-electron chi connectivity index (χ0n) is 12.1. The van der Waals surface area contributed by atoms with Crippen molar-refractivity contribution in [2.45, 2.75) is 25.7 Å². The van der Waals surface area contributed by atoms with Gasteiger partial charge in [-0.3, -0.25) is 4.72 Å². The van der Waals surface area contributed by atoms with Crippen LogP contribution in [-0.4, -0.2) is 8.42 Å². The molecule has 0 aliphatic heterocycles. The summed E-state index contributed by atoms with van der Waals surface area (Å²) >= 11 is 3.37. The Labute approximate surface area is 133 Å². The number of nitrogens with two attached hydrogens (primary N) is 1. The molecule has 0 saturated heterocycles. The Morgan fingerprint density at radius 2 is 1.76 bits per heavy atom. The van der Waals surface area contributed by atoms with Crippen molar-refractivity contribution in [1.29, 1.82) is 0 Å². The fraction of sp³-hybridized carbons (Fsp3) is 0.200. The van der Waals surface area contributed by atoms with E-state index in [0.717, 1.165) is 11.1 Å². The molecule has 0 aliphatic rings. The van der Waals surface area contributed by atoms with Crippen LogP contribution in [0.4, 0.5) is 11.4 Å². The maximum absolute atomic E-state index is 12.6. The number of hydrogen-bond acceptors (Lipinski definition) is 3. The normalized spacial score (nSPS) is 11.4. The molecular weight excluding hydrogens is 352 g/mol. The zero-order chi connectivity index (χ0) is 15.8. The summed E-state index contributed by atoms with van der Waals surface area (Å²) in [5, 5.41) is 0. The van der Waals surface area contributed by atoms with E-state index in [4.69, 9.17) is 5.73 Å². The summed E-state index contributed by atoms with van der Waals surface area (Å²) in [4.78, 5) is 0.201. The first-order chi connectivity index (χ1) is 9.70. The van der Waals surface area contributed by atoms with Gasteiger partial charge in [-0.05, 0) is 77.7 Å². The van der Waals surface area contributed by atoms with Gasteiger partial charge in [-0.1, -0.05) is 6.07 Å². The highest BCUT2D eigenvalue weighted by Crippen LogP contribution is 2.28. The van der Waals surface area contributed by atoms with E-state index in [-0.39, 0.29) is 4.90 Å². The molecule has 6 heteroatoms. The predicted molar refractivity (Wildman–Crippen MR) is 90.0 cm³/mol. The molecule has 0 radical (unpaired) electrons. The van der Waals surface area contributed by atoms with Gasteiger partial charge in [0.25, 0.3) is 10.0 Å². The van der Waals surface area contributed by atoms with Crippen LogP contribution in [-0.2, 0) is 10.0 Å². The minimum absolute atomic E-state index is 0.201. The van der Waals surface area contributed by atoms with Crippen molar-refractivity contribution in [3.05, 3.63) is 51.5 Å². The lowest BCUT2D eigenvalue weighted by atomic mass is 10.1. The van der Waals surface area contributed by atoms with Crippen LogP contribution in [0.2, 0.25) is 0 Å². The van der Waals surface area contributed by atoms with Crippen molar-refractivity contribution in [2.24, 2.45) is 0 Å². The standard InChI is InChI=1S/C15H17BrN2O2S/c1-9-4-5-14(13(16)6-9)18-21(19,20)15-8-12(17)7-10(2)11(15)3/h4-8,18H,17H2,1-3H3. The molecule has 0 spiro atoms. The quantitative estimate of drug-likeness (QED) is 0.810. The molecule has 0 amide bonds. The zero-order valence-corrected chi connectivity index (χ0v) is 14.5. The van der Waals surface area contributed by atoms with Crippen LogP contribution in [0.1, 0.15) is 16.7 Å². The number of rotatable bonds is 3. The number of nitrogen functional groups attached to an aromatic ring is 1. The van der Waals surface area contributed by atoms with Gasteiger partial charge in [-0.25, -0.2) is 8.42 Å². The number of benzene rings is 2. The van der Waals surface area contributed by atoms with E-state index in [2.05, 4.69) is 20.7 Å². The number of halogens is 1. The van der Waals surface area contributed by atoms with Crippen molar-refractivity contribution < 1.29 is 8.42 Å². The molecule has 0 aromatic heterocycles. The summed E-state index contributed by atoms with van der Waals surface area (Å²) in [7, 11) is -3.68. The minimum Gasteiger partial charge on any atom is -0.399 e. The van der Waals surface area contributed by atoms with Gasteiger partial charge in [0.05, 0.1) is 10.6 Å². The van der Waals surface area contributed by atoms with Gasteiger partial charge in [-0.2, -0.15) is 0 Å². The molecule has 4 nitrogen and oxygen atoms in total. The highest BCUT2D eigenvalue weighted by Gasteiger charge is 2.19. The van der Waals surface area contributed by atoms with Gasteiger partial charge in [0, 0.05) is 10.2 Å². The van der Waals surface area contributed by atoms with E-state index >= 15 is 0 Å². The molecule has 0 fully saturated rings. The van der Waals surface area contributed by atoms with Crippen molar-refractivity contribution in [3.63, 3.8) is 0 Å². The first-order valence-electron chi connectivity index (χ1n) is 6.36. The van der Waals surface area contributed by atoms with E-state index in [9.17, 15) is 8.42 Å². The van der Waals surface area contributed by atoms with Crippen molar-refractivity contribution in [2.75, 3.05) is 10.5 Å². The van der Waals surface area contributed by atoms with Gasteiger partial charge >= 0.3 is 0 Å². The summed E-state index contributed by atoms with van der Waals surface area (Å²) in [6.07, 6.45) is 0. The van der Waals surface area contributed by atoms with Crippen molar-refractivity contribution >= 4 is 37.3 Å². The molecule has 0 aliphatic carbocycles. The number of hydrogen-bond donors (Lipinski definition) is 2. The second kappa shape index (κ2) is 5.69. The molecule has 0 unspecified atom stereocenters. The maximum atomic E-state index is 12.6. The Balaban J connectivity index is 2.48. The summed E-state index contributed by atoms with van der Waals surface area (Å²) in [5.74, 6) is 0. The van der Waals surface area contributed by atoms with Crippen LogP contribution >= 0.6 is 15.9 Å². The van der Waals surface area contributed by atoms with Crippen LogP contribution in [0.15, 0.2) is 39.7 Å². The largest absolute Gasteiger partial charge is 0.399 e. The number of aryl methyl sites for hydroxylation is 2. The maximum Gasteiger partial charge on any atom is 0.262 e. The van der Waals surface area contributed by atoms with Gasteiger partial charge in [0.2, 0.25) is 0 Å². The monoisotopic (exact) mass is 368 g/mol. The lowest BCUT2D eigenvalue weighted by Gasteiger charge is -2.14. The lowest BCUT2D eigenvalue weighted by Crippen LogP contribution is -2.15. The summed E-state index contributed by atoms with van der Waals surface area (Å²) in [6.45, 7) is 5.55. The molecule has 21 heavy (non-hydrogen) atoms. The third-order valence-corrected chi connectivity index (χ3v) is 5.45. The predicted octanol–water partition coefficient (Wildman–Crippen LogP) is 3.76. The molecular formula is C15H17BrN2O2S. The Morgan fingerprint density at radius 1 is 1.10 bits per heavy atom. The molecule has 112 valence electrons. The third kappa shape index (κ3) is 3.39. The van der Waals surface area contributed by atoms with Gasteiger partial charge in [0.1, 0.15) is 0 Å². The Hall–Kier alpha value is -1.53. The minimum atomic E-state index is -3.68. The smallest absolute Gasteiger partial charge is 0.262 e. The molecule has 0 saturated carbocycles. The number of nitrogens with one attached hydrogen (secondary N) is 1. The molecule has 3 N–H and O–H groups in total. The SMILES string of the molecule is Cc1ccc(NS(=O)(=O)c2cc(N)cc(C)c2C)c(Br)c1. The average molecular weight is 369 g/mol. The van der Waals surface area contributed by atoms with Gasteiger partial charge in [0.15, 0.2) is 0 Å². The molecule has 0 heterocycles. The van der Waals surface area contributed by atoms with Crippen LogP contribution in [0, 0.1) is 20.8 Å². The summed E-state index contributed by atoms with van der Waals surface area (Å²) < 4.78 is 28.4. The Kier molecular flexibility index (Phi) is 4.30. The molecule has 2 aromatic rings. The van der Waals surface area contributed by atoms with Crippen LogP contribution in [0.3, 0.4) is 0 Å². The third-order valence-electron chi connectivity index (χ3n) is 3.30. The summed E-state index contributed by atoms with van der Waals surface area (Å²) in [6, 6.07) is 8.67. The Bertz CT molecular complexity index is 802. The van der Waals surface area contributed by atoms with E-state index in [1.807, 2.05) is 26.0 Å². The van der Waals surface area contributed by atoms with Gasteiger partial charge < -0.3 is 5.73 Å². The highest BCUT2D eigenvalue weighted by molar-refractivity contribution is 9.10. The van der Waals surface area contributed by atoms with E-state index in [0.29, 0.717) is 21.4 Å². The number of anilines is 2. The van der Waals surface area contributed by atoms with Gasteiger partial charge in [-0.15, -0.1) is 0 Å². The molecule has 2 rings (SSSR count). The number of sulfonamides is 1. The van der Waals surface area contributed by atoms with Crippen LogP contribution in [0.5, 0.6) is 0 Å². The van der Waals surface area contributed by atoms with Crippen molar-refractivity contribution in [1.82, 2.24) is 0 Å². The topological polar surface area (TPSA) is 72.2 Å². The van der Waals surface area contributed by atoms with Crippen molar-refractivity contribution in [3.8, 4) is 0 Å². The average Bonchev–Trinajstić information content (AvgIpc) is 2.37. The van der Waals surface area contributed by atoms with Crippen LogP contribution in [0.25, 0.3) is 0 Å².